The van der Waals surface area contributed by atoms with Crippen molar-refractivity contribution in [2.45, 2.75) is 19.4 Å². The van der Waals surface area contributed by atoms with Crippen molar-refractivity contribution < 1.29 is 4.39 Å². The Labute approximate surface area is 88.7 Å². The number of hydrogen-bond acceptors (Lipinski definition) is 1. The molecule has 0 amide bonds. The van der Waals surface area contributed by atoms with E-state index in [0.717, 1.165) is 16.3 Å². The maximum Gasteiger partial charge on any atom is 0.123 e. The zero-order chi connectivity index (χ0) is 11.1. The highest BCUT2D eigenvalue weighted by Gasteiger charge is 2.16. The van der Waals surface area contributed by atoms with Crippen molar-refractivity contribution in [2.24, 2.45) is 5.73 Å². The number of hydrogen-bond donors (Lipinski definition) is 1. The first kappa shape index (κ1) is 10.1. The Morgan fingerprint density at radius 3 is 2.53 bits per heavy atom. The molecule has 0 unspecified atom stereocenters. The molecule has 0 aliphatic carbocycles. The quantitative estimate of drug-likeness (QED) is 0.756. The minimum absolute atomic E-state index is 0.223. The summed E-state index contributed by atoms with van der Waals surface area (Å²) < 4.78 is 13.2. The van der Waals surface area contributed by atoms with Crippen LogP contribution in [-0.4, -0.2) is 0 Å². The first-order chi connectivity index (χ1) is 6.98. The Morgan fingerprint density at radius 1 is 1.13 bits per heavy atom. The van der Waals surface area contributed by atoms with Gasteiger partial charge >= 0.3 is 0 Å². The summed E-state index contributed by atoms with van der Waals surface area (Å²) in [4.78, 5) is 0. The molecular weight excluding hydrogens is 189 g/mol. The van der Waals surface area contributed by atoms with Crippen LogP contribution in [0, 0.1) is 5.82 Å². The summed E-state index contributed by atoms with van der Waals surface area (Å²) in [5.41, 5.74) is 6.57. The predicted octanol–water partition coefficient (Wildman–Crippen LogP) is 3.17. The lowest BCUT2D eigenvalue weighted by Gasteiger charge is -2.21. The standard InChI is InChI=1S/C13H14FN/c1-13(2,15)12-5-3-4-9-6-7-10(14)8-11(9)12/h3-8H,15H2,1-2H3. The van der Waals surface area contributed by atoms with Gasteiger partial charge in [-0.1, -0.05) is 24.3 Å². The van der Waals surface area contributed by atoms with E-state index in [2.05, 4.69) is 0 Å². The van der Waals surface area contributed by atoms with Gasteiger partial charge in [0.2, 0.25) is 0 Å². The second kappa shape index (κ2) is 3.31. The molecule has 0 aliphatic heterocycles. The molecule has 0 heterocycles. The van der Waals surface area contributed by atoms with E-state index in [9.17, 15) is 4.39 Å². The lowest BCUT2D eigenvalue weighted by atomic mass is 9.90. The third kappa shape index (κ3) is 1.85. The van der Waals surface area contributed by atoms with E-state index >= 15 is 0 Å². The third-order valence-electron chi connectivity index (χ3n) is 2.54. The van der Waals surface area contributed by atoms with E-state index in [4.69, 9.17) is 5.73 Å². The molecule has 0 aromatic heterocycles. The second-order valence-corrected chi connectivity index (χ2v) is 4.39. The SMILES string of the molecule is CC(C)(N)c1cccc2ccc(F)cc12. The van der Waals surface area contributed by atoms with Crippen LogP contribution in [0.2, 0.25) is 0 Å². The number of nitrogens with two attached hydrogens (primary N) is 1. The Kier molecular flexibility index (Phi) is 2.24. The van der Waals surface area contributed by atoms with Crippen molar-refractivity contribution in [1.82, 2.24) is 0 Å². The summed E-state index contributed by atoms with van der Waals surface area (Å²) in [6, 6.07) is 10.6. The summed E-state index contributed by atoms with van der Waals surface area (Å²) in [6.07, 6.45) is 0. The monoisotopic (exact) mass is 203 g/mol. The molecule has 2 aromatic rings. The first-order valence-corrected chi connectivity index (χ1v) is 4.96. The van der Waals surface area contributed by atoms with Gasteiger partial charge in [0.25, 0.3) is 0 Å². The lowest BCUT2D eigenvalue weighted by molar-refractivity contribution is 0.559. The fourth-order valence-electron chi connectivity index (χ4n) is 1.81. The Hall–Kier alpha value is -1.41. The number of rotatable bonds is 1. The summed E-state index contributed by atoms with van der Waals surface area (Å²) in [7, 11) is 0. The predicted molar refractivity (Wildman–Crippen MR) is 61.1 cm³/mol. The van der Waals surface area contributed by atoms with Crippen LogP contribution < -0.4 is 5.73 Å². The largest absolute Gasteiger partial charge is 0.322 e. The van der Waals surface area contributed by atoms with Crippen LogP contribution in [0.15, 0.2) is 36.4 Å². The Bertz CT molecular complexity index is 497. The Morgan fingerprint density at radius 2 is 1.87 bits per heavy atom. The topological polar surface area (TPSA) is 26.0 Å². The average molecular weight is 203 g/mol. The minimum atomic E-state index is -0.451. The van der Waals surface area contributed by atoms with E-state index in [1.165, 1.54) is 6.07 Å². The smallest absolute Gasteiger partial charge is 0.123 e. The van der Waals surface area contributed by atoms with E-state index in [0.29, 0.717) is 0 Å². The van der Waals surface area contributed by atoms with Gasteiger partial charge in [-0.05, 0) is 42.3 Å². The molecule has 0 saturated heterocycles. The van der Waals surface area contributed by atoms with Crippen LogP contribution in [0.5, 0.6) is 0 Å². The Balaban J connectivity index is 2.80. The van der Waals surface area contributed by atoms with Gasteiger partial charge in [0.15, 0.2) is 0 Å². The van der Waals surface area contributed by atoms with Crippen molar-refractivity contribution in [3.63, 3.8) is 0 Å². The van der Waals surface area contributed by atoms with Crippen LogP contribution in [0.1, 0.15) is 19.4 Å². The highest BCUT2D eigenvalue weighted by atomic mass is 19.1. The zero-order valence-electron chi connectivity index (χ0n) is 8.92. The van der Waals surface area contributed by atoms with Gasteiger partial charge in [0.05, 0.1) is 0 Å². The molecule has 1 nitrogen and oxygen atoms in total. The molecular formula is C13H14FN. The van der Waals surface area contributed by atoms with E-state index in [-0.39, 0.29) is 5.82 Å². The molecule has 0 spiro atoms. The van der Waals surface area contributed by atoms with Crippen LogP contribution in [0.3, 0.4) is 0 Å². The summed E-state index contributed by atoms with van der Waals surface area (Å²) >= 11 is 0. The minimum Gasteiger partial charge on any atom is -0.322 e. The van der Waals surface area contributed by atoms with E-state index < -0.39 is 5.54 Å². The fraction of sp³-hybridized carbons (Fsp3) is 0.231. The normalized spacial score (nSPS) is 12.0. The fourth-order valence-corrected chi connectivity index (χ4v) is 1.81. The third-order valence-corrected chi connectivity index (χ3v) is 2.54. The summed E-state index contributed by atoms with van der Waals surface area (Å²) in [6.45, 7) is 3.85. The molecule has 0 saturated carbocycles. The van der Waals surface area contributed by atoms with Gasteiger partial charge in [-0.3, -0.25) is 0 Å². The van der Waals surface area contributed by atoms with Gasteiger partial charge in [-0.15, -0.1) is 0 Å². The van der Waals surface area contributed by atoms with Crippen molar-refractivity contribution in [3.05, 3.63) is 47.8 Å². The highest BCUT2D eigenvalue weighted by molar-refractivity contribution is 5.86. The second-order valence-electron chi connectivity index (χ2n) is 4.39. The zero-order valence-corrected chi connectivity index (χ0v) is 8.92. The van der Waals surface area contributed by atoms with Crippen molar-refractivity contribution >= 4 is 10.8 Å². The van der Waals surface area contributed by atoms with Gasteiger partial charge in [0.1, 0.15) is 5.82 Å². The molecule has 0 atom stereocenters. The van der Waals surface area contributed by atoms with Crippen LogP contribution in [0.25, 0.3) is 10.8 Å². The van der Waals surface area contributed by atoms with Gasteiger partial charge in [-0.25, -0.2) is 4.39 Å². The summed E-state index contributed by atoms with van der Waals surface area (Å²) in [5.74, 6) is -0.223. The molecule has 2 aromatic carbocycles. The van der Waals surface area contributed by atoms with Crippen LogP contribution in [0.4, 0.5) is 4.39 Å². The molecule has 2 N–H and O–H groups in total. The molecule has 2 heteroatoms. The molecule has 0 bridgehead atoms. The first-order valence-electron chi connectivity index (χ1n) is 4.96. The maximum atomic E-state index is 13.2. The maximum absolute atomic E-state index is 13.2. The van der Waals surface area contributed by atoms with Gasteiger partial charge < -0.3 is 5.73 Å². The van der Waals surface area contributed by atoms with E-state index in [1.807, 2.05) is 32.0 Å². The van der Waals surface area contributed by atoms with E-state index in [1.54, 1.807) is 12.1 Å². The number of halogens is 1. The molecule has 0 fully saturated rings. The van der Waals surface area contributed by atoms with Gasteiger partial charge in [-0.2, -0.15) is 0 Å². The van der Waals surface area contributed by atoms with Crippen molar-refractivity contribution in [1.29, 1.82) is 0 Å². The van der Waals surface area contributed by atoms with Crippen molar-refractivity contribution in [2.75, 3.05) is 0 Å². The lowest BCUT2D eigenvalue weighted by Crippen LogP contribution is -2.28. The van der Waals surface area contributed by atoms with Crippen LogP contribution >= 0.6 is 0 Å². The molecule has 15 heavy (non-hydrogen) atoms. The average Bonchev–Trinajstić information content (AvgIpc) is 2.15. The van der Waals surface area contributed by atoms with Crippen molar-refractivity contribution in [3.8, 4) is 0 Å². The van der Waals surface area contributed by atoms with Crippen LogP contribution in [-0.2, 0) is 5.54 Å². The molecule has 0 radical (unpaired) electrons. The molecule has 0 aliphatic rings. The number of benzene rings is 2. The highest BCUT2D eigenvalue weighted by Crippen LogP contribution is 2.27. The number of fused-ring (bicyclic) bond motifs is 1. The van der Waals surface area contributed by atoms with Gasteiger partial charge in [0, 0.05) is 5.54 Å². The molecule has 78 valence electrons. The molecule has 2 rings (SSSR count). The summed E-state index contributed by atoms with van der Waals surface area (Å²) in [5, 5.41) is 1.91.